The molecule has 4 heteroatoms. The number of hydrogen-bond donors (Lipinski definition) is 1. The summed E-state index contributed by atoms with van der Waals surface area (Å²) in [7, 11) is 1.78. The van der Waals surface area contributed by atoms with E-state index >= 15 is 0 Å². The minimum atomic E-state index is 0.702. The SMILES string of the molecule is CN=C(N)N1CC[C@@H]2[C@@H](CCCN2Cc2ccccc2)C1. The van der Waals surface area contributed by atoms with Crippen LogP contribution in [-0.4, -0.2) is 48.5 Å². The van der Waals surface area contributed by atoms with Crippen molar-refractivity contribution in [1.29, 1.82) is 0 Å². The maximum atomic E-state index is 5.99. The molecule has 0 bridgehead atoms. The van der Waals surface area contributed by atoms with Crippen LogP contribution in [0.15, 0.2) is 35.3 Å². The molecular formula is C17H26N4. The second-order valence-corrected chi connectivity index (χ2v) is 6.24. The first kappa shape index (κ1) is 14.4. The lowest BCUT2D eigenvalue weighted by atomic mass is 9.83. The molecule has 0 saturated carbocycles. The van der Waals surface area contributed by atoms with Crippen molar-refractivity contribution in [2.24, 2.45) is 16.6 Å². The summed E-state index contributed by atoms with van der Waals surface area (Å²) >= 11 is 0. The van der Waals surface area contributed by atoms with Crippen molar-refractivity contribution in [2.75, 3.05) is 26.7 Å². The molecule has 114 valence electrons. The maximum absolute atomic E-state index is 5.99. The van der Waals surface area contributed by atoms with Crippen LogP contribution in [0.1, 0.15) is 24.8 Å². The van der Waals surface area contributed by atoms with Crippen LogP contribution in [0.5, 0.6) is 0 Å². The van der Waals surface area contributed by atoms with Crippen molar-refractivity contribution in [1.82, 2.24) is 9.80 Å². The molecule has 1 aromatic carbocycles. The largest absolute Gasteiger partial charge is 0.370 e. The maximum Gasteiger partial charge on any atom is 0.190 e. The number of nitrogens with zero attached hydrogens (tertiary/aromatic N) is 3. The lowest BCUT2D eigenvalue weighted by Gasteiger charge is -2.47. The van der Waals surface area contributed by atoms with E-state index in [9.17, 15) is 0 Å². The number of benzene rings is 1. The Labute approximate surface area is 127 Å². The summed E-state index contributed by atoms with van der Waals surface area (Å²) in [5.41, 5.74) is 7.42. The van der Waals surface area contributed by atoms with Gasteiger partial charge in [0.05, 0.1) is 0 Å². The van der Waals surface area contributed by atoms with Crippen molar-refractivity contribution in [3.8, 4) is 0 Å². The first-order valence-electron chi connectivity index (χ1n) is 8.03. The molecule has 2 N–H and O–H groups in total. The Bertz CT molecular complexity index is 485. The van der Waals surface area contributed by atoms with Gasteiger partial charge in [-0.1, -0.05) is 30.3 Å². The van der Waals surface area contributed by atoms with Gasteiger partial charge in [0.2, 0.25) is 0 Å². The minimum absolute atomic E-state index is 0.702. The Morgan fingerprint density at radius 1 is 1.24 bits per heavy atom. The topological polar surface area (TPSA) is 44.9 Å². The fourth-order valence-corrected chi connectivity index (χ4v) is 3.87. The highest BCUT2D eigenvalue weighted by Crippen LogP contribution is 2.31. The molecule has 2 aliphatic heterocycles. The molecule has 0 aliphatic carbocycles. The van der Waals surface area contributed by atoms with E-state index in [-0.39, 0.29) is 0 Å². The highest BCUT2D eigenvalue weighted by molar-refractivity contribution is 5.78. The molecule has 2 saturated heterocycles. The number of likely N-dealkylation sites (tertiary alicyclic amines) is 2. The number of rotatable bonds is 2. The van der Waals surface area contributed by atoms with Gasteiger partial charge in [-0.25, -0.2) is 0 Å². The fourth-order valence-electron chi connectivity index (χ4n) is 3.87. The van der Waals surface area contributed by atoms with Crippen molar-refractivity contribution in [2.45, 2.75) is 31.8 Å². The Kier molecular flexibility index (Phi) is 4.44. The first-order chi connectivity index (χ1) is 10.3. The zero-order valence-electron chi connectivity index (χ0n) is 12.9. The number of nitrogens with two attached hydrogens (primary N) is 1. The Hall–Kier alpha value is -1.55. The van der Waals surface area contributed by atoms with E-state index in [0.29, 0.717) is 12.0 Å². The van der Waals surface area contributed by atoms with E-state index in [1.807, 2.05) is 0 Å². The normalized spacial score (nSPS) is 27.5. The van der Waals surface area contributed by atoms with E-state index in [1.54, 1.807) is 7.05 Å². The third-order valence-corrected chi connectivity index (χ3v) is 4.96. The molecule has 2 atom stereocenters. The predicted molar refractivity (Wildman–Crippen MR) is 87.1 cm³/mol. The van der Waals surface area contributed by atoms with Gasteiger partial charge in [-0.05, 0) is 37.3 Å². The van der Waals surface area contributed by atoms with Crippen LogP contribution in [-0.2, 0) is 6.54 Å². The van der Waals surface area contributed by atoms with Gasteiger partial charge in [0.25, 0.3) is 0 Å². The minimum Gasteiger partial charge on any atom is -0.370 e. The van der Waals surface area contributed by atoms with Crippen molar-refractivity contribution in [3.05, 3.63) is 35.9 Å². The average Bonchev–Trinajstić information content (AvgIpc) is 2.55. The van der Waals surface area contributed by atoms with Gasteiger partial charge >= 0.3 is 0 Å². The summed E-state index contributed by atoms with van der Waals surface area (Å²) in [6, 6.07) is 11.5. The number of fused-ring (bicyclic) bond motifs is 1. The predicted octanol–water partition coefficient (Wildman–Crippen LogP) is 1.92. The van der Waals surface area contributed by atoms with E-state index in [1.165, 1.54) is 31.4 Å². The molecule has 0 spiro atoms. The summed E-state index contributed by atoms with van der Waals surface area (Å²) in [6.07, 6.45) is 3.82. The molecule has 3 rings (SSSR count). The van der Waals surface area contributed by atoms with Crippen molar-refractivity contribution in [3.63, 3.8) is 0 Å². The highest BCUT2D eigenvalue weighted by atomic mass is 15.3. The Morgan fingerprint density at radius 3 is 2.81 bits per heavy atom. The van der Waals surface area contributed by atoms with E-state index in [0.717, 1.165) is 25.6 Å². The van der Waals surface area contributed by atoms with E-state index < -0.39 is 0 Å². The van der Waals surface area contributed by atoms with Gasteiger partial charge in [-0.2, -0.15) is 0 Å². The van der Waals surface area contributed by atoms with Crippen LogP contribution < -0.4 is 5.73 Å². The van der Waals surface area contributed by atoms with Gasteiger partial charge in [-0.3, -0.25) is 9.89 Å². The molecular weight excluding hydrogens is 260 g/mol. The van der Waals surface area contributed by atoms with Crippen LogP contribution in [0.25, 0.3) is 0 Å². The molecule has 0 aromatic heterocycles. The molecule has 1 aromatic rings. The lowest BCUT2D eigenvalue weighted by molar-refractivity contribution is 0.0378. The monoisotopic (exact) mass is 286 g/mol. The molecule has 0 unspecified atom stereocenters. The average molecular weight is 286 g/mol. The number of hydrogen-bond acceptors (Lipinski definition) is 2. The third kappa shape index (κ3) is 3.21. The van der Waals surface area contributed by atoms with Crippen LogP contribution in [0.4, 0.5) is 0 Å². The van der Waals surface area contributed by atoms with Crippen LogP contribution in [0.3, 0.4) is 0 Å². The number of piperidine rings is 2. The summed E-state index contributed by atoms with van der Waals surface area (Å²) in [4.78, 5) is 9.08. The first-order valence-corrected chi connectivity index (χ1v) is 8.03. The molecule has 2 fully saturated rings. The van der Waals surface area contributed by atoms with Gasteiger partial charge < -0.3 is 10.6 Å². The summed E-state index contributed by atoms with van der Waals surface area (Å²) in [5, 5.41) is 0. The van der Waals surface area contributed by atoms with Crippen LogP contribution in [0, 0.1) is 5.92 Å². The van der Waals surface area contributed by atoms with E-state index in [4.69, 9.17) is 5.73 Å². The van der Waals surface area contributed by atoms with Gasteiger partial charge in [0, 0.05) is 32.7 Å². The quantitative estimate of drug-likeness (QED) is 0.667. The highest BCUT2D eigenvalue weighted by Gasteiger charge is 2.36. The van der Waals surface area contributed by atoms with E-state index in [2.05, 4.69) is 45.1 Å². The fraction of sp³-hybridized carbons (Fsp3) is 0.588. The smallest absolute Gasteiger partial charge is 0.190 e. The Balaban J connectivity index is 1.66. The van der Waals surface area contributed by atoms with Crippen molar-refractivity contribution < 1.29 is 0 Å². The van der Waals surface area contributed by atoms with Gasteiger partial charge in [-0.15, -0.1) is 0 Å². The second kappa shape index (κ2) is 6.48. The summed E-state index contributed by atoms with van der Waals surface area (Å²) < 4.78 is 0. The lowest BCUT2D eigenvalue weighted by Crippen LogP contribution is -2.56. The van der Waals surface area contributed by atoms with Crippen LogP contribution in [0.2, 0.25) is 0 Å². The summed E-state index contributed by atoms with van der Waals surface area (Å²) in [6.45, 7) is 4.42. The number of aliphatic imine (C=N–C) groups is 1. The van der Waals surface area contributed by atoms with Gasteiger partial charge in [0.1, 0.15) is 0 Å². The molecule has 0 amide bonds. The summed E-state index contributed by atoms with van der Waals surface area (Å²) in [5.74, 6) is 1.44. The molecule has 2 aliphatic rings. The zero-order valence-corrected chi connectivity index (χ0v) is 12.9. The third-order valence-electron chi connectivity index (χ3n) is 4.96. The zero-order chi connectivity index (χ0) is 14.7. The second-order valence-electron chi connectivity index (χ2n) is 6.24. The standard InChI is InChI=1S/C17H26N4/c1-19-17(18)21-11-9-16-15(13-21)8-5-10-20(16)12-14-6-3-2-4-7-14/h2-4,6-7,15-16H,5,8-13H2,1H3,(H2,18,19)/t15-,16+/m0/s1. The molecule has 0 radical (unpaired) electrons. The molecule has 2 heterocycles. The van der Waals surface area contributed by atoms with Crippen LogP contribution >= 0.6 is 0 Å². The Morgan fingerprint density at radius 2 is 2.05 bits per heavy atom. The van der Waals surface area contributed by atoms with Crippen molar-refractivity contribution >= 4 is 5.96 Å². The number of guanidine groups is 1. The van der Waals surface area contributed by atoms with Gasteiger partial charge in [0.15, 0.2) is 5.96 Å². The molecule has 4 nitrogen and oxygen atoms in total. The molecule has 21 heavy (non-hydrogen) atoms.